The number of aromatic nitrogens is 6. The van der Waals surface area contributed by atoms with Crippen LogP contribution in [0, 0.1) is 0 Å². The van der Waals surface area contributed by atoms with Crippen molar-refractivity contribution in [3.8, 4) is 5.75 Å². The minimum atomic E-state index is -0.271. The first kappa shape index (κ1) is 23.6. The zero-order valence-electron chi connectivity index (χ0n) is 18.3. The Morgan fingerprint density at radius 3 is 2.94 bits per heavy atom. The summed E-state index contributed by atoms with van der Waals surface area (Å²) in [5.74, 6) is 1.19. The van der Waals surface area contributed by atoms with Gasteiger partial charge in [0.2, 0.25) is 0 Å². The Balaban J connectivity index is 1.40. The van der Waals surface area contributed by atoms with E-state index in [1.54, 1.807) is 17.9 Å². The van der Waals surface area contributed by atoms with E-state index in [2.05, 4.69) is 53.5 Å². The summed E-state index contributed by atoms with van der Waals surface area (Å²) in [6.45, 7) is 4.71. The average Bonchev–Trinajstić information content (AvgIpc) is 3.42. The molecule has 1 N–H and O–H groups in total. The highest BCUT2D eigenvalue weighted by atomic mass is 79.9. The average molecular weight is 541 g/mol. The Labute approximate surface area is 208 Å². The van der Waals surface area contributed by atoms with Gasteiger partial charge in [0.05, 0.1) is 24.6 Å². The second-order valence-corrected chi connectivity index (χ2v) is 8.86. The summed E-state index contributed by atoms with van der Waals surface area (Å²) in [6.07, 6.45) is 3.29. The first-order valence-electron chi connectivity index (χ1n) is 10.2. The summed E-state index contributed by atoms with van der Waals surface area (Å²) in [4.78, 5) is 12.3. The van der Waals surface area contributed by atoms with Gasteiger partial charge in [0.25, 0.3) is 5.91 Å². The third-order valence-corrected chi connectivity index (χ3v) is 6.19. The number of ether oxygens (including phenoxy) is 1. The van der Waals surface area contributed by atoms with Crippen molar-refractivity contribution in [2.45, 2.75) is 18.2 Å². The lowest BCUT2D eigenvalue weighted by atomic mass is 10.2. The number of allylic oxidation sites excluding steroid dienone is 1. The first-order chi connectivity index (χ1) is 16.6. The number of halogens is 1. The van der Waals surface area contributed by atoms with Gasteiger partial charge in [-0.05, 0) is 30.3 Å². The van der Waals surface area contributed by atoms with E-state index < -0.39 is 0 Å². The third kappa shape index (κ3) is 5.51. The van der Waals surface area contributed by atoms with E-state index in [9.17, 15) is 4.79 Å². The molecule has 0 bridgehead atoms. The molecule has 10 nitrogen and oxygen atoms in total. The summed E-state index contributed by atoms with van der Waals surface area (Å²) in [5.41, 5.74) is 4.98. The Hall–Kier alpha value is -3.51. The lowest BCUT2D eigenvalue weighted by Crippen LogP contribution is -2.20. The Morgan fingerprint density at radius 2 is 2.12 bits per heavy atom. The van der Waals surface area contributed by atoms with E-state index in [4.69, 9.17) is 4.74 Å². The molecule has 2 heterocycles. The molecule has 1 amide bonds. The van der Waals surface area contributed by atoms with E-state index in [1.165, 1.54) is 18.0 Å². The number of benzene rings is 2. The van der Waals surface area contributed by atoms with Crippen LogP contribution in [0.25, 0.3) is 11.0 Å². The molecule has 34 heavy (non-hydrogen) atoms. The smallest absolute Gasteiger partial charge is 0.250 e. The Bertz CT molecular complexity index is 1350. The van der Waals surface area contributed by atoms with Crippen LogP contribution in [0.5, 0.6) is 5.75 Å². The van der Waals surface area contributed by atoms with E-state index in [1.807, 2.05) is 47.0 Å². The molecule has 174 valence electrons. The van der Waals surface area contributed by atoms with Gasteiger partial charge < -0.3 is 9.30 Å². The van der Waals surface area contributed by atoms with Gasteiger partial charge in [0, 0.05) is 16.6 Å². The Morgan fingerprint density at radius 1 is 1.26 bits per heavy atom. The lowest BCUT2D eigenvalue weighted by Gasteiger charge is -2.08. The third-order valence-electron chi connectivity index (χ3n) is 4.73. The molecule has 2 aromatic heterocycles. The number of rotatable bonds is 10. The van der Waals surface area contributed by atoms with Crippen LogP contribution in [-0.4, -0.2) is 54.7 Å². The number of para-hydroxylation sites is 1. The molecule has 0 unspecified atom stereocenters. The molecule has 0 aliphatic carbocycles. The van der Waals surface area contributed by atoms with Gasteiger partial charge in [-0.3, -0.25) is 4.79 Å². The second kappa shape index (κ2) is 11.1. The number of methoxy groups -OCH3 is 1. The molecule has 4 aromatic rings. The van der Waals surface area contributed by atoms with Gasteiger partial charge in [-0.15, -0.1) is 21.9 Å². The summed E-state index contributed by atoms with van der Waals surface area (Å²) in [7, 11) is 1.58. The van der Waals surface area contributed by atoms with Crippen molar-refractivity contribution in [1.29, 1.82) is 0 Å². The molecular weight excluding hydrogens is 520 g/mol. The van der Waals surface area contributed by atoms with Crippen molar-refractivity contribution in [3.05, 3.63) is 71.0 Å². The van der Waals surface area contributed by atoms with E-state index in [0.717, 1.165) is 21.1 Å². The van der Waals surface area contributed by atoms with Crippen molar-refractivity contribution >= 4 is 50.8 Å². The number of hydrogen-bond acceptors (Lipinski definition) is 8. The maximum Gasteiger partial charge on any atom is 0.250 e. The summed E-state index contributed by atoms with van der Waals surface area (Å²) >= 11 is 4.68. The minimum Gasteiger partial charge on any atom is -0.496 e. The molecule has 2 aromatic carbocycles. The van der Waals surface area contributed by atoms with Gasteiger partial charge in [0.15, 0.2) is 11.0 Å². The first-order valence-corrected chi connectivity index (χ1v) is 12.0. The highest BCUT2D eigenvalue weighted by molar-refractivity contribution is 9.10. The predicted octanol–water partition coefficient (Wildman–Crippen LogP) is 3.27. The largest absolute Gasteiger partial charge is 0.496 e. The molecule has 0 fully saturated rings. The molecule has 0 saturated carbocycles. The van der Waals surface area contributed by atoms with Crippen molar-refractivity contribution in [2.24, 2.45) is 5.10 Å². The zero-order chi connectivity index (χ0) is 23.9. The number of nitrogens with zero attached hydrogens (tertiary/aromatic N) is 7. The van der Waals surface area contributed by atoms with Crippen molar-refractivity contribution < 1.29 is 9.53 Å². The molecule has 0 aliphatic heterocycles. The molecule has 0 aliphatic rings. The number of nitrogens with one attached hydrogen (secondary N) is 1. The fourth-order valence-electron chi connectivity index (χ4n) is 3.17. The molecule has 0 spiro atoms. The van der Waals surface area contributed by atoms with Crippen LogP contribution >= 0.6 is 27.7 Å². The Kier molecular flexibility index (Phi) is 7.70. The van der Waals surface area contributed by atoms with E-state index in [-0.39, 0.29) is 11.7 Å². The maximum atomic E-state index is 12.3. The van der Waals surface area contributed by atoms with Crippen LogP contribution in [0.3, 0.4) is 0 Å². The maximum absolute atomic E-state index is 12.3. The SMILES string of the molecule is C=CCn1c(Cn2nnc3ccccc32)nnc1SCC(=O)N/N=C\c1cc(Br)ccc1OC. The quantitative estimate of drug-likeness (QED) is 0.142. The van der Waals surface area contributed by atoms with E-state index >= 15 is 0 Å². The predicted molar refractivity (Wildman–Crippen MR) is 134 cm³/mol. The van der Waals surface area contributed by atoms with Crippen molar-refractivity contribution in [1.82, 2.24) is 35.2 Å². The number of carbonyl (C=O) groups is 1. The molecule has 0 radical (unpaired) electrons. The van der Waals surface area contributed by atoms with Gasteiger partial charge >= 0.3 is 0 Å². The minimum absolute atomic E-state index is 0.120. The van der Waals surface area contributed by atoms with Crippen LogP contribution in [0.15, 0.2) is 69.9 Å². The van der Waals surface area contributed by atoms with Crippen LogP contribution < -0.4 is 10.2 Å². The number of thioether (sulfide) groups is 1. The van der Waals surface area contributed by atoms with E-state index in [0.29, 0.717) is 29.8 Å². The summed E-state index contributed by atoms with van der Waals surface area (Å²) in [6, 6.07) is 13.2. The number of fused-ring (bicyclic) bond motifs is 1. The highest BCUT2D eigenvalue weighted by Crippen LogP contribution is 2.21. The molecule has 0 saturated heterocycles. The summed E-state index contributed by atoms with van der Waals surface area (Å²) < 4.78 is 9.85. The fraction of sp³-hybridized carbons (Fsp3) is 0.182. The molecular formula is C22H21BrN8O2S. The van der Waals surface area contributed by atoms with Gasteiger partial charge in [0.1, 0.15) is 17.8 Å². The van der Waals surface area contributed by atoms with Crippen LogP contribution in [-0.2, 0) is 17.9 Å². The molecule has 12 heteroatoms. The van der Waals surface area contributed by atoms with Gasteiger partial charge in [-0.1, -0.05) is 51.1 Å². The van der Waals surface area contributed by atoms with Crippen LogP contribution in [0.1, 0.15) is 11.4 Å². The van der Waals surface area contributed by atoms with Crippen molar-refractivity contribution in [2.75, 3.05) is 12.9 Å². The summed E-state index contributed by atoms with van der Waals surface area (Å²) in [5, 5.41) is 21.6. The monoisotopic (exact) mass is 540 g/mol. The van der Waals surface area contributed by atoms with Gasteiger partial charge in [-0.25, -0.2) is 10.1 Å². The lowest BCUT2D eigenvalue weighted by molar-refractivity contribution is -0.118. The van der Waals surface area contributed by atoms with Crippen LogP contribution in [0.4, 0.5) is 0 Å². The number of hydrazone groups is 1. The topological polar surface area (TPSA) is 112 Å². The van der Waals surface area contributed by atoms with Crippen LogP contribution in [0.2, 0.25) is 0 Å². The highest BCUT2D eigenvalue weighted by Gasteiger charge is 2.15. The van der Waals surface area contributed by atoms with Gasteiger partial charge in [-0.2, -0.15) is 5.10 Å². The normalized spacial score (nSPS) is 11.2. The number of carbonyl (C=O) groups excluding carboxylic acids is 1. The molecule has 4 rings (SSSR count). The molecule has 0 atom stereocenters. The number of hydrogen-bond donors (Lipinski definition) is 1. The standard InChI is InChI=1S/C22H21BrN8O2S/c1-3-10-30-20(13-31-18-7-5-4-6-17(18)25-29-31)26-28-22(30)34-14-21(32)27-24-12-15-11-16(23)8-9-19(15)33-2/h3-9,11-12H,1,10,13-14H2,2H3,(H,27,32)/b24-12-. The number of amides is 1. The fourth-order valence-corrected chi connectivity index (χ4v) is 4.30. The van der Waals surface area contributed by atoms with Crippen molar-refractivity contribution in [3.63, 3.8) is 0 Å². The zero-order valence-corrected chi connectivity index (χ0v) is 20.7. The second-order valence-electron chi connectivity index (χ2n) is 7.00.